The van der Waals surface area contributed by atoms with Gasteiger partial charge in [0.1, 0.15) is 5.69 Å². The van der Waals surface area contributed by atoms with Gasteiger partial charge < -0.3 is 20.1 Å². The molecule has 110 valence electrons. The molecule has 20 heavy (non-hydrogen) atoms. The van der Waals surface area contributed by atoms with Gasteiger partial charge in [-0.25, -0.2) is 0 Å². The maximum absolute atomic E-state index is 12.5. The molecule has 0 atom stereocenters. The van der Waals surface area contributed by atoms with E-state index in [0.717, 1.165) is 13.0 Å². The third-order valence-electron chi connectivity index (χ3n) is 3.68. The molecule has 0 aliphatic carbocycles. The molecular formula is C14H22N4O2. The fourth-order valence-electron chi connectivity index (χ4n) is 2.56. The number of nitrogens with two attached hydrogens (primary N) is 1. The molecule has 1 aliphatic heterocycles. The van der Waals surface area contributed by atoms with E-state index in [2.05, 4.69) is 0 Å². The highest BCUT2D eigenvalue weighted by molar-refractivity contribution is 5.93. The van der Waals surface area contributed by atoms with Crippen LogP contribution in [0.4, 0.5) is 5.69 Å². The second-order valence-electron chi connectivity index (χ2n) is 5.15. The molecule has 0 spiro atoms. The Morgan fingerprint density at radius 3 is 2.45 bits per heavy atom. The first-order valence-corrected chi connectivity index (χ1v) is 7.01. The lowest BCUT2D eigenvalue weighted by Gasteiger charge is -2.22. The summed E-state index contributed by atoms with van der Waals surface area (Å²) in [6.45, 7) is 4.46. The number of nitrogen functional groups attached to an aromatic ring is 1. The summed E-state index contributed by atoms with van der Waals surface area (Å²) in [7, 11) is 1.81. The van der Waals surface area contributed by atoms with Gasteiger partial charge in [0.15, 0.2) is 0 Å². The van der Waals surface area contributed by atoms with E-state index in [0.29, 0.717) is 37.4 Å². The molecule has 1 fully saturated rings. The van der Waals surface area contributed by atoms with Crippen LogP contribution in [0.25, 0.3) is 0 Å². The Labute approximate surface area is 119 Å². The first-order valence-electron chi connectivity index (χ1n) is 7.01. The van der Waals surface area contributed by atoms with Gasteiger partial charge in [-0.05, 0) is 12.5 Å². The highest BCUT2D eigenvalue weighted by Crippen LogP contribution is 2.13. The summed E-state index contributed by atoms with van der Waals surface area (Å²) in [6, 6.07) is 1.70. The van der Waals surface area contributed by atoms with Crippen LogP contribution < -0.4 is 5.73 Å². The van der Waals surface area contributed by atoms with E-state index >= 15 is 0 Å². The lowest BCUT2D eigenvalue weighted by Crippen LogP contribution is -2.37. The first-order chi connectivity index (χ1) is 9.52. The van der Waals surface area contributed by atoms with E-state index in [1.54, 1.807) is 21.7 Å². The number of carbonyl (C=O) groups excluding carboxylic acids is 2. The molecule has 0 radical (unpaired) electrons. The number of hydrogen-bond acceptors (Lipinski definition) is 3. The molecule has 2 N–H and O–H groups in total. The molecular weight excluding hydrogens is 256 g/mol. The molecule has 6 heteroatoms. The summed E-state index contributed by atoms with van der Waals surface area (Å²) in [5.74, 6) is 0.136. The Bertz CT molecular complexity index is 509. The van der Waals surface area contributed by atoms with Crippen molar-refractivity contribution in [1.82, 2.24) is 14.4 Å². The van der Waals surface area contributed by atoms with E-state index in [1.807, 2.05) is 18.9 Å². The van der Waals surface area contributed by atoms with Crippen molar-refractivity contribution >= 4 is 17.5 Å². The number of aromatic nitrogens is 1. The largest absolute Gasteiger partial charge is 0.397 e. The van der Waals surface area contributed by atoms with E-state index in [9.17, 15) is 9.59 Å². The summed E-state index contributed by atoms with van der Waals surface area (Å²) in [4.78, 5) is 27.8. The maximum Gasteiger partial charge on any atom is 0.270 e. The second kappa shape index (κ2) is 5.98. The van der Waals surface area contributed by atoms with E-state index in [1.165, 1.54) is 0 Å². The molecule has 1 saturated heterocycles. The highest BCUT2D eigenvalue weighted by Gasteiger charge is 2.23. The minimum Gasteiger partial charge on any atom is -0.397 e. The van der Waals surface area contributed by atoms with Crippen LogP contribution in [0.15, 0.2) is 12.3 Å². The van der Waals surface area contributed by atoms with Crippen LogP contribution in [0.1, 0.15) is 30.3 Å². The molecule has 0 unspecified atom stereocenters. The lowest BCUT2D eigenvalue weighted by molar-refractivity contribution is -0.130. The number of anilines is 1. The molecule has 0 saturated carbocycles. The zero-order valence-corrected chi connectivity index (χ0v) is 12.1. The monoisotopic (exact) mass is 278 g/mol. The van der Waals surface area contributed by atoms with Crippen LogP contribution >= 0.6 is 0 Å². The summed E-state index contributed by atoms with van der Waals surface area (Å²) in [5.41, 5.74) is 6.90. The number of carbonyl (C=O) groups is 2. The minimum atomic E-state index is -0.0185. The van der Waals surface area contributed by atoms with Crippen molar-refractivity contribution < 1.29 is 9.59 Å². The first kappa shape index (κ1) is 14.4. The second-order valence-corrected chi connectivity index (χ2v) is 5.15. The number of aryl methyl sites for hydroxylation is 1. The fourth-order valence-corrected chi connectivity index (χ4v) is 2.56. The smallest absolute Gasteiger partial charge is 0.270 e. The average Bonchev–Trinajstić information content (AvgIpc) is 2.66. The van der Waals surface area contributed by atoms with Crippen molar-refractivity contribution in [3.63, 3.8) is 0 Å². The molecule has 6 nitrogen and oxygen atoms in total. The summed E-state index contributed by atoms with van der Waals surface area (Å²) in [6.07, 6.45) is 3.07. The summed E-state index contributed by atoms with van der Waals surface area (Å²) < 4.78 is 1.75. The van der Waals surface area contributed by atoms with Crippen molar-refractivity contribution in [3.8, 4) is 0 Å². The van der Waals surface area contributed by atoms with Crippen molar-refractivity contribution in [2.45, 2.75) is 19.8 Å². The Hall–Kier alpha value is -1.98. The maximum atomic E-state index is 12.5. The molecule has 0 bridgehead atoms. The molecule has 2 rings (SSSR count). The Kier molecular flexibility index (Phi) is 4.32. The van der Waals surface area contributed by atoms with Gasteiger partial charge in [-0.1, -0.05) is 6.92 Å². The third-order valence-corrected chi connectivity index (χ3v) is 3.68. The Balaban J connectivity index is 2.05. The number of rotatable bonds is 2. The zero-order chi connectivity index (χ0) is 14.7. The van der Waals surface area contributed by atoms with E-state index in [4.69, 9.17) is 5.73 Å². The standard InChI is InChI=1S/C14H22N4O2/c1-3-13(19)17-5-4-6-18(8-7-17)14(20)12-9-11(15)10-16(12)2/h9-10H,3-8,15H2,1-2H3. The normalized spacial score (nSPS) is 16.1. The van der Waals surface area contributed by atoms with Crippen molar-refractivity contribution in [2.75, 3.05) is 31.9 Å². The third kappa shape index (κ3) is 2.95. The van der Waals surface area contributed by atoms with Crippen LogP contribution in [0, 0.1) is 0 Å². The average molecular weight is 278 g/mol. The van der Waals surface area contributed by atoms with E-state index < -0.39 is 0 Å². The predicted molar refractivity (Wildman–Crippen MR) is 77.2 cm³/mol. The van der Waals surface area contributed by atoms with Gasteiger partial charge in [0, 0.05) is 45.8 Å². The Morgan fingerprint density at radius 2 is 1.85 bits per heavy atom. The Morgan fingerprint density at radius 1 is 1.20 bits per heavy atom. The van der Waals surface area contributed by atoms with Crippen LogP contribution in [0.5, 0.6) is 0 Å². The zero-order valence-electron chi connectivity index (χ0n) is 12.1. The van der Waals surface area contributed by atoms with Crippen molar-refractivity contribution in [2.24, 2.45) is 7.05 Å². The van der Waals surface area contributed by atoms with E-state index in [-0.39, 0.29) is 11.8 Å². The van der Waals surface area contributed by atoms with Crippen molar-refractivity contribution in [3.05, 3.63) is 18.0 Å². The summed E-state index contributed by atoms with van der Waals surface area (Å²) >= 11 is 0. The van der Waals surface area contributed by atoms with Gasteiger partial charge in [0.05, 0.1) is 5.69 Å². The van der Waals surface area contributed by atoms with Crippen molar-refractivity contribution in [1.29, 1.82) is 0 Å². The van der Waals surface area contributed by atoms with Gasteiger partial charge in [-0.3, -0.25) is 9.59 Å². The van der Waals surface area contributed by atoms with Crippen LogP contribution in [-0.2, 0) is 11.8 Å². The molecule has 1 aromatic heterocycles. The molecule has 1 aliphatic rings. The highest BCUT2D eigenvalue weighted by atomic mass is 16.2. The van der Waals surface area contributed by atoms with Crippen LogP contribution in [-0.4, -0.2) is 52.4 Å². The summed E-state index contributed by atoms with van der Waals surface area (Å²) in [5, 5.41) is 0. The lowest BCUT2D eigenvalue weighted by atomic mass is 10.3. The van der Waals surface area contributed by atoms with Crippen LogP contribution in [0.2, 0.25) is 0 Å². The van der Waals surface area contributed by atoms with Gasteiger partial charge in [-0.15, -0.1) is 0 Å². The SMILES string of the molecule is CCC(=O)N1CCCN(C(=O)c2cc(N)cn2C)CC1. The number of nitrogens with zero attached hydrogens (tertiary/aromatic N) is 3. The fraction of sp³-hybridized carbons (Fsp3) is 0.571. The molecule has 2 heterocycles. The quantitative estimate of drug-likeness (QED) is 0.865. The van der Waals surface area contributed by atoms with Crippen LogP contribution in [0.3, 0.4) is 0 Å². The van der Waals surface area contributed by atoms with Gasteiger partial charge >= 0.3 is 0 Å². The van der Waals surface area contributed by atoms with Gasteiger partial charge in [0.2, 0.25) is 5.91 Å². The molecule has 2 amide bonds. The topological polar surface area (TPSA) is 71.6 Å². The predicted octanol–water partition coefficient (Wildman–Crippen LogP) is 0.692. The number of amides is 2. The van der Waals surface area contributed by atoms with Gasteiger partial charge in [-0.2, -0.15) is 0 Å². The molecule has 0 aromatic carbocycles. The number of hydrogen-bond donors (Lipinski definition) is 1. The minimum absolute atomic E-state index is 0.0185. The van der Waals surface area contributed by atoms with Gasteiger partial charge in [0.25, 0.3) is 5.91 Å². The molecule has 1 aromatic rings.